The maximum atomic E-state index is 2.31. The molecule has 0 aliphatic heterocycles. The molecule has 0 aliphatic carbocycles. The summed E-state index contributed by atoms with van der Waals surface area (Å²) in [7, 11) is 0. The van der Waals surface area contributed by atoms with Crippen molar-refractivity contribution >= 4 is 75.8 Å². The van der Waals surface area contributed by atoms with Crippen LogP contribution in [0.5, 0.6) is 0 Å². The highest BCUT2D eigenvalue weighted by Crippen LogP contribution is 2.28. The van der Waals surface area contributed by atoms with Gasteiger partial charge in [-0.25, -0.2) is 0 Å². The summed E-state index contributed by atoms with van der Waals surface area (Å²) in [5.41, 5.74) is 7.12. The molecule has 0 fully saturated rings. The Hall–Kier alpha value is -8.32. The molecule has 0 saturated heterocycles. The van der Waals surface area contributed by atoms with Gasteiger partial charge in [0.15, 0.2) is 0 Å². The third-order valence-electron chi connectivity index (χ3n) is 12.5. The smallest absolute Gasteiger partial charge is 0.00268 e. The lowest BCUT2D eigenvalue weighted by molar-refractivity contribution is 1.52. The van der Waals surface area contributed by atoms with Crippen LogP contribution in [0.3, 0.4) is 0 Å². The molecular weight excluding hydrogens is 769 g/mol. The maximum absolute atomic E-state index is 2.31. The molecule has 8 bridgehead atoms. The predicted octanol–water partition coefficient (Wildman–Crippen LogP) is 15.3. The van der Waals surface area contributed by atoms with Gasteiger partial charge in [0.05, 0.1) is 0 Å². The van der Waals surface area contributed by atoms with Gasteiger partial charge in [-0.2, -0.15) is 0 Å². The first-order valence-corrected chi connectivity index (χ1v) is 22.1. The lowest BCUT2D eigenvalue weighted by atomic mass is 9.92. The van der Waals surface area contributed by atoms with Crippen molar-refractivity contribution in [2.24, 2.45) is 0 Å². The summed E-state index contributed by atoms with van der Waals surface area (Å²) in [6.45, 7) is 0. The van der Waals surface area contributed by atoms with Crippen molar-refractivity contribution in [1.29, 1.82) is 0 Å². The molecule has 17 aromatic rings. The van der Waals surface area contributed by atoms with Gasteiger partial charge >= 0.3 is 0 Å². The quantitative estimate of drug-likeness (QED) is 0.166. The van der Waals surface area contributed by atoms with Gasteiger partial charge in [-0.05, 0) is 108 Å². The molecule has 0 amide bonds. The van der Waals surface area contributed by atoms with Crippen LogP contribution in [0, 0.1) is 0 Å². The zero-order chi connectivity index (χ0) is 42.7. The Balaban J connectivity index is 1.32. The van der Waals surface area contributed by atoms with Crippen molar-refractivity contribution < 1.29 is 0 Å². The molecule has 300 valence electrons. The minimum Gasteiger partial charge on any atom is -0.0622 e. The molecule has 0 N–H and O–H groups in total. The molecule has 0 spiro atoms. The summed E-state index contributed by atoms with van der Waals surface area (Å²) in [6, 6.07) is 97.7. The average Bonchev–Trinajstić information content (AvgIpc) is 3.38. The highest BCUT2D eigenvalue weighted by atomic mass is 14.1. The fourth-order valence-electron chi connectivity index (χ4n) is 9.48. The van der Waals surface area contributed by atoms with E-state index in [0.29, 0.717) is 0 Å². The zero-order valence-electron chi connectivity index (χ0n) is 35.4. The minimum absolute atomic E-state index is 1.16. The number of hydrogen-bond acceptors (Lipinski definition) is 0. The summed E-state index contributed by atoms with van der Waals surface area (Å²) < 4.78 is 0. The Morgan fingerprint density at radius 3 is 0.531 bits per heavy atom. The molecule has 0 radical (unpaired) electrons. The Labute approximate surface area is 373 Å². The molecule has 0 atom stereocenters. The zero-order valence-corrected chi connectivity index (χ0v) is 35.4. The van der Waals surface area contributed by atoms with Crippen molar-refractivity contribution in [3.63, 3.8) is 0 Å². The number of rotatable bonds is 4. The lowest BCUT2D eigenvalue weighted by Gasteiger charge is -2.11. The first-order valence-electron chi connectivity index (χ1n) is 22.1. The van der Waals surface area contributed by atoms with Crippen LogP contribution in [0.2, 0.25) is 0 Å². The molecule has 0 aromatic heterocycles. The molecule has 17 aromatic carbocycles. The first-order chi connectivity index (χ1) is 31.8. The van der Waals surface area contributed by atoms with Crippen LogP contribution in [0.1, 0.15) is 22.3 Å². The molecule has 0 aliphatic rings. The van der Waals surface area contributed by atoms with Crippen molar-refractivity contribution in [1.82, 2.24) is 0 Å². The predicted molar refractivity (Wildman–Crippen MR) is 275 cm³/mol. The standard InChI is InChI=1S/C64H44/c1-5-17-49(18-6-1)61(50-19-7-2-8-20-50)63-53-37-29-45(30-38-53)57-25-13-15-27-59(57)47-33-41-55(42-34-47)64(62(51-21-9-3-10-22-51)52-23-11-4-12-24-52)56-43-35-48(36-44-56)60-28-16-14-26-58(60)46-31-39-54(63)40-32-46/h1-44H. The van der Waals surface area contributed by atoms with Gasteiger partial charge in [-0.3, -0.25) is 0 Å². The van der Waals surface area contributed by atoms with Gasteiger partial charge in [-0.1, -0.05) is 267 Å². The normalized spacial score (nSPS) is 11.1. The fraction of sp³-hybridized carbons (Fsp3) is 0. The Morgan fingerprint density at radius 2 is 0.328 bits per heavy atom. The van der Waals surface area contributed by atoms with E-state index >= 15 is 0 Å². The van der Waals surface area contributed by atoms with Crippen LogP contribution in [-0.4, -0.2) is 0 Å². The van der Waals surface area contributed by atoms with E-state index in [2.05, 4.69) is 267 Å². The van der Waals surface area contributed by atoms with E-state index in [0.717, 1.165) is 21.5 Å². The molecular formula is C64H44. The Bertz CT molecular complexity index is 3210. The SMILES string of the molecule is c1ccc(C(c2ccccc2)=c2c3ccc(cc3)c3ccccc3c3ccc(cc3)c(=C(c3ccccc3)c3ccccc3)c3ccc(cc3)c3ccccc3c3ccc2cc3)cc1. The van der Waals surface area contributed by atoms with E-state index in [-0.39, 0.29) is 0 Å². The van der Waals surface area contributed by atoms with Gasteiger partial charge in [0.2, 0.25) is 0 Å². The van der Waals surface area contributed by atoms with Crippen molar-refractivity contribution in [2.45, 2.75) is 0 Å². The van der Waals surface area contributed by atoms with E-state index in [4.69, 9.17) is 0 Å². The van der Waals surface area contributed by atoms with Crippen LogP contribution >= 0.6 is 0 Å². The van der Waals surface area contributed by atoms with Crippen LogP contribution in [0.15, 0.2) is 267 Å². The largest absolute Gasteiger partial charge is 0.0622 e. The highest BCUT2D eigenvalue weighted by Gasteiger charge is 2.11. The van der Waals surface area contributed by atoms with E-state index in [1.165, 1.54) is 86.9 Å². The first kappa shape index (κ1) is 38.6. The molecule has 0 heteroatoms. The lowest BCUT2D eigenvalue weighted by Crippen LogP contribution is -2.10. The molecule has 0 heterocycles. The summed E-state index contributed by atoms with van der Waals surface area (Å²) in [5.74, 6) is 0. The molecule has 0 unspecified atom stereocenters. The second-order valence-electron chi connectivity index (χ2n) is 16.4. The van der Waals surface area contributed by atoms with Gasteiger partial charge in [0, 0.05) is 0 Å². The fourth-order valence-corrected chi connectivity index (χ4v) is 9.48. The van der Waals surface area contributed by atoms with Crippen molar-refractivity contribution in [2.75, 3.05) is 0 Å². The number of hydrogen-bond donors (Lipinski definition) is 0. The van der Waals surface area contributed by atoms with Gasteiger partial charge in [0.1, 0.15) is 0 Å². The van der Waals surface area contributed by atoms with E-state index in [1.54, 1.807) is 0 Å². The number of benzene rings is 10. The van der Waals surface area contributed by atoms with Crippen molar-refractivity contribution in [3.05, 3.63) is 300 Å². The second kappa shape index (κ2) is 17.2. The third kappa shape index (κ3) is 7.42. The minimum atomic E-state index is 1.16. The maximum Gasteiger partial charge on any atom is -0.00268 e. The third-order valence-corrected chi connectivity index (χ3v) is 12.5. The molecule has 17 rings (SSSR count). The van der Waals surface area contributed by atoms with Gasteiger partial charge < -0.3 is 0 Å². The second-order valence-corrected chi connectivity index (χ2v) is 16.4. The van der Waals surface area contributed by atoms with Gasteiger partial charge in [-0.15, -0.1) is 0 Å². The van der Waals surface area contributed by atoms with Crippen LogP contribution in [0.4, 0.5) is 0 Å². The Kier molecular flexibility index (Phi) is 10.4. The van der Waals surface area contributed by atoms with Crippen LogP contribution in [0.25, 0.3) is 75.8 Å². The molecule has 0 nitrogen and oxygen atoms in total. The van der Waals surface area contributed by atoms with Crippen molar-refractivity contribution in [3.8, 4) is 0 Å². The summed E-state index contributed by atoms with van der Waals surface area (Å²) >= 11 is 0. The van der Waals surface area contributed by atoms with E-state index < -0.39 is 0 Å². The highest BCUT2D eigenvalue weighted by molar-refractivity contribution is 6.07. The summed E-state index contributed by atoms with van der Waals surface area (Å²) in [4.78, 5) is 0. The van der Waals surface area contributed by atoms with E-state index in [9.17, 15) is 0 Å². The topological polar surface area (TPSA) is 0 Å². The molecule has 0 saturated carbocycles. The average molecular weight is 813 g/mol. The monoisotopic (exact) mass is 812 g/mol. The Morgan fingerprint density at radius 1 is 0.156 bits per heavy atom. The van der Waals surface area contributed by atoms with Gasteiger partial charge in [0.25, 0.3) is 0 Å². The van der Waals surface area contributed by atoms with E-state index in [1.807, 2.05) is 0 Å². The molecule has 64 heavy (non-hydrogen) atoms. The van der Waals surface area contributed by atoms with Crippen LogP contribution in [-0.2, 0) is 0 Å². The summed E-state index contributed by atoms with van der Waals surface area (Å²) in [5, 5.41) is 16.5. The summed E-state index contributed by atoms with van der Waals surface area (Å²) in [6.07, 6.45) is 0. The van der Waals surface area contributed by atoms with Crippen LogP contribution < -0.4 is 10.4 Å².